The molecule has 27 heavy (non-hydrogen) atoms. The maximum absolute atomic E-state index is 13.2. The first kappa shape index (κ1) is 16.0. The number of fused-ring (bicyclic) bond motifs is 6. The summed E-state index contributed by atoms with van der Waals surface area (Å²) in [6, 6.07) is 14.1. The molecule has 4 aromatic rings. The van der Waals surface area contributed by atoms with E-state index in [1.54, 1.807) is 43.3 Å². The second-order valence-corrected chi connectivity index (χ2v) is 8.06. The van der Waals surface area contributed by atoms with E-state index < -0.39 is 10.0 Å². The van der Waals surface area contributed by atoms with E-state index >= 15 is 0 Å². The van der Waals surface area contributed by atoms with Crippen molar-refractivity contribution in [2.75, 3.05) is 10.8 Å². The average Bonchev–Trinajstić information content (AvgIpc) is 2.67. The molecule has 134 valence electrons. The molecule has 0 N–H and O–H groups in total. The van der Waals surface area contributed by atoms with E-state index in [-0.39, 0.29) is 22.8 Å². The summed E-state index contributed by atoms with van der Waals surface area (Å²) >= 11 is 0. The van der Waals surface area contributed by atoms with Gasteiger partial charge < -0.3 is 0 Å². The number of aromatic nitrogens is 3. The van der Waals surface area contributed by atoms with Gasteiger partial charge in [-0.25, -0.2) is 22.8 Å². The first-order valence-electron chi connectivity index (χ1n) is 8.46. The van der Waals surface area contributed by atoms with Gasteiger partial charge >= 0.3 is 0 Å². The van der Waals surface area contributed by atoms with E-state index in [4.69, 9.17) is 0 Å². The van der Waals surface area contributed by atoms with Crippen LogP contribution in [0.15, 0.2) is 64.4 Å². The minimum absolute atomic E-state index is 0.00901. The van der Waals surface area contributed by atoms with Crippen LogP contribution in [0.1, 0.15) is 6.92 Å². The predicted octanol–water partition coefficient (Wildman–Crippen LogP) is 2.44. The highest BCUT2D eigenvalue weighted by Crippen LogP contribution is 2.42. The van der Waals surface area contributed by atoms with Crippen LogP contribution in [0, 0.1) is 0 Å². The number of rotatable bonds is 1. The summed E-state index contributed by atoms with van der Waals surface area (Å²) in [6.07, 6.45) is 1.29. The topological polar surface area (TPSA) is 84.6 Å². The Morgan fingerprint density at radius 2 is 1.78 bits per heavy atom. The van der Waals surface area contributed by atoms with Gasteiger partial charge in [0, 0.05) is 12.1 Å². The van der Waals surface area contributed by atoms with Gasteiger partial charge in [0.15, 0.2) is 0 Å². The Labute approximate surface area is 154 Å². The Morgan fingerprint density at radius 1 is 1.04 bits per heavy atom. The Kier molecular flexibility index (Phi) is 3.17. The predicted molar refractivity (Wildman–Crippen MR) is 102 cm³/mol. The van der Waals surface area contributed by atoms with Crippen LogP contribution in [0.2, 0.25) is 0 Å². The van der Waals surface area contributed by atoms with Crippen LogP contribution >= 0.6 is 0 Å². The van der Waals surface area contributed by atoms with E-state index in [1.807, 2.05) is 12.1 Å². The molecule has 0 saturated heterocycles. The van der Waals surface area contributed by atoms with Crippen molar-refractivity contribution in [3.8, 4) is 11.3 Å². The molecular weight excluding hydrogens is 364 g/mol. The van der Waals surface area contributed by atoms with Crippen molar-refractivity contribution in [3.63, 3.8) is 0 Å². The number of nitrogens with zero attached hydrogens (tertiary/aromatic N) is 4. The molecule has 0 atom stereocenters. The number of para-hydroxylation sites is 2. The molecule has 0 spiro atoms. The monoisotopic (exact) mass is 378 g/mol. The molecule has 8 heteroatoms. The third kappa shape index (κ3) is 2.01. The van der Waals surface area contributed by atoms with Crippen molar-refractivity contribution in [1.29, 1.82) is 0 Å². The molecule has 0 unspecified atom stereocenters. The van der Waals surface area contributed by atoms with Gasteiger partial charge in [-0.05, 0) is 25.1 Å². The summed E-state index contributed by atoms with van der Waals surface area (Å²) < 4.78 is 29.0. The fourth-order valence-electron chi connectivity index (χ4n) is 3.62. The molecule has 1 aliphatic heterocycles. The summed E-state index contributed by atoms with van der Waals surface area (Å²) in [5.74, 6) is 0.174. The lowest BCUT2D eigenvalue weighted by Gasteiger charge is -2.31. The smallest absolute Gasteiger partial charge is 0.267 e. The van der Waals surface area contributed by atoms with Crippen molar-refractivity contribution in [3.05, 3.63) is 65.1 Å². The van der Waals surface area contributed by atoms with Gasteiger partial charge in [-0.3, -0.25) is 9.10 Å². The molecule has 0 radical (unpaired) electrons. The normalized spacial score (nSPS) is 14.9. The lowest BCUT2D eigenvalue weighted by molar-refractivity contribution is 0.590. The van der Waals surface area contributed by atoms with Gasteiger partial charge in [0.2, 0.25) is 5.78 Å². The fourth-order valence-corrected chi connectivity index (χ4v) is 5.25. The Bertz CT molecular complexity index is 1410. The van der Waals surface area contributed by atoms with Crippen molar-refractivity contribution in [2.45, 2.75) is 11.8 Å². The highest BCUT2D eigenvalue weighted by Gasteiger charge is 2.36. The average molecular weight is 378 g/mol. The van der Waals surface area contributed by atoms with Crippen LogP contribution in [0.4, 0.5) is 5.69 Å². The lowest BCUT2D eigenvalue weighted by Crippen LogP contribution is -2.36. The van der Waals surface area contributed by atoms with Gasteiger partial charge in [-0.1, -0.05) is 30.3 Å². The molecule has 0 aliphatic carbocycles. The van der Waals surface area contributed by atoms with E-state index in [0.717, 1.165) is 0 Å². The zero-order chi connectivity index (χ0) is 18.8. The van der Waals surface area contributed by atoms with Crippen LogP contribution in [0.3, 0.4) is 0 Å². The molecule has 0 fully saturated rings. The molecule has 1 aliphatic rings. The molecule has 0 amide bonds. The maximum atomic E-state index is 13.2. The summed E-state index contributed by atoms with van der Waals surface area (Å²) in [5, 5.41) is 0.415. The SMILES string of the molecule is CCN1c2ccccc2-c2c(cnc3nc4ccccc4c(=O)n23)S1(=O)=O. The van der Waals surface area contributed by atoms with Crippen LogP contribution in [0.5, 0.6) is 0 Å². The second kappa shape index (κ2) is 5.37. The lowest BCUT2D eigenvalue weighted by atomic mass is 10.1. The molecular formula is C19H14N4O3S. The number of hydrogen-bond acceptors (Lipinski definition) is 5. The maximum Gasteiger partial charge on any atom is 0.267 e. The largest absolute Gasteiger partial charge is 0.268 e. The molecule has 5 rings (SSSR count). The van der Waals surface area contributed by atoms with Crippen LogP contribution < -0.4 is 9.86 Å². The summed E-state index contributed by atoms with van der Waals surface area (Å²) in [4.78, 5) is 21.9. The van der Waals surface area contributed by atoms with E-state index in [2.05, 4.69) is 9.97 Å². The summed E-state index contributed by atoms with van der Waals surface area (Å²) in [5.41, 5.74) is 1.70. The van der Waals surface area contributed by atoms with Gasteiger partial charge in [0.05, 0.1) is 28.5 Å². The number of sulfonamides is 1. The van der Waals surface area contributed by atoms with Crippen molar-refractivity contribution in [1.82, 2.24) is 14.4 Å². The molecule has 2 aromatic heterocycles. The molecule has 0 bridgehead atoms. The molecule has 2 aromatic carbocycles. The van der Waals surface area contributed by atoms with Crippen LogP contribution in [0.25, 0.3) is 27.9 Å². The highest BCUT2D eigenvalue weighted by molar-refractivity contribution is 7.93. The van der Waals surface area contributed by atoms with E-state index in [1.165, 1.54) is 14.9 Å². The Morgan fingerprint density at radius 3 is 2.59 bits per heavy atom. The Balaban J connectivity index is 2.05. The third-order valence-electron chi connectivity index (χ3n) is 4.80. The number of hydrogen-bond donors (Lipinski definition) is 0. The minimum atomic E-state index is -3.82. The van der Waals surface area contributed by atoms with Crippen molar-refractivity contribution in [2.24, 2.45) is 0 Å². The third-order valence-corrected chi connectivity index (χ3v) is 6.69. The van der Waals surface area contributed by atoms with Gasteiger partial charge in [0.25, 0.3) is 15.6 Å². The highest BCUT2D eigenvalue weighted by atomic mass is 32.2. The van der Waals surface area contributed by atoms with Crippen molar-refractivity contribution >= 4 is 32.4 Å². The zero-order valence-corrected chi connectivity index (χ0v) is 15.1. The standard InChI is InChI=1S/C19H14N4O3S/c1-2-22-15-10-6-4-8-13(15)17-16(27(22,25)26)11-20-19-21-14-9-5-3-7-12(14)18(24)23(17)19/h3-11H,2H2,1H3. The minimum Gasteiger partial charge on any atom is -0.268 e. The first-order chi connectivity index (χ1) is 13.0. The summed E-state index contributed by atoms with van der Waals surface area (Å²) in [7, 11) is -3.82. The quantitative estimate of drug-likeness (QED) is 0.475. The van der Waals surface area contributed by atoms with Crippen LogP contribution in [-0.4, -0.2) is 29.3 Å². The number of benzene rings is 2. The van der Waals surface area contributed by atoms with Gasteiger partial charge in [0.1, 0.15) is 4.90 Å². The first-order valence-corrected chi connectivity index (χ1v) is 9.90. The zero-order valence-electron chi connectivity index (χ0n) is 14.3. The van der Waals surface area contributed by atoms with Crippen LogP contribution in [-0.2, 0) is 10.0 Å². The fraction of sp³-hybridized carbons (Fsp3) is 0.105. The van der Waals surface area contributed by atoms with E-state index in [0.29, 0.717) is 27.8 Å². The second-order valence-electron chi connectivity index (χ2n) is 6.23. The molecule has 7 nitrogen and oxygen atoms in total. The Hall–Kier alpha value is -3.26. The molecule has 3 heterocycles. The number of anilines is 1. The molecule has 0 saturated carbocycles. The van der Waals surface area contributed by atoms with Gasteiger partial charge in [-0.2, -0.15) is 0 Å². The van der Waals surface area contributed by atoms with Gasteiger partial charge in [-0.15, -0.1) is 0 Å². The van der Waals surface area contributed by atoms with Crippen molar-refractivity contribution < 1.29 is 8.42 Å². The van der Waals surface area contributed by atoms with E-state index in [9.17, 15) is 13.2 Å². The summed E-state index contributed by atoms with van der Waals surface area (Å²) in [6.45, 7) is 2.05.